The Balaban J connectivity index is 2.00. The molecule has 1 atom stereocenters. The first-order valence-corrected chi connectivity index (χ1v) is 6.93. The van der Waals surface area contributed by atoms with Crippen molar-refractivity contribution in [1.82, 2.24) is 4.90 Å². The molecule has 1 unspecified atom stereocenters. The van der Waals surface area contributed by atoms with Gasteiger partial charge in [-0.1, -0.05) is 37.1 Å². The third-order valence-corrected chi connectivity index (χ3v) is 4.00. The Labute approximate surface area is 110 Å². The van der Waals surface area contributed by atoms with Crippen LogP contribution < -0.4 is 0 Å². The number of likely N-dealkylation sites (tertiary alicyclic amines) is 1. The molecule has 1 saturated heterocycles. The van der Waals surface area contributed by atoms with Crippen LogP contribution in [0.4, 0.5) is 0 Å². The van der Waals surface area contributed by atoms with Gasteiger partial charge in [0.05, 0.1) is 6.54 Å². The Morgan fingerprint density at radius 1 is 1.39 bits per heavy atom. The second-order valence-electron chi connectivity index (χ2n) is 5.54. The third-order valence-electron chi connectivity index (χ3n) is 4.00. The predicted octanol–water partition coefficient (Wildman–Crippen LogP) is 3.22. The Hall–Kier alpha value is -1.15. The van der Waals surface area contributed by atoms with Crippen LogP contribution in [-0.2, 0) is 0 Å². The summed E-state index contributed by atoms with van der Waals surface area (Å²) in [6.45, 7) is 9.08. The van der Waals surface area contributed by atoms with E-state index in [2.05, 4.69) is 24.8 Å². The summed E-state index contributed by atoms with van der Waals surface area (Å²) in [4.78, 5) is 14.6. The van der Waals surface area contributed by atoms with Crippen molar-refractivity contribution >= 4 is 5.78 Å². The van der Waals surface area contributed by atoms with Gasteiger partial charge in [0.1, 0.15) is 0 Å². The van der Waals surface area contributed by atoms with Crippen molar-refractivity contribution in [3.8, 4) is 0 Å². The zero-order chi connectivity index (χ0) is 13.1. The Morgan fingerprint density at radius 3 is 2.78 bits per heavy atom. The average Bonchev–Trinajstić information content (AvgIpc) is 2.76. The van der Waals surface area contributed by atoms with Crippen LogP contribution in [0.2, 0.25) is 0 Å². The van der Waals surface area contributed by atoms with Gasteiger partial charge in [0.25, 0.3) is 0 Å². The molecule has 0 radical (unpaired) electrons. The first-order chi connectivity index (χ1) is 8.60. The van der Waals surface area contributed by atoms with E-state index in [-0.39, 0.29) is 5.78 Å². The maximum absolute atomic E-state index is 12.3. The van der Waals surface area contributed by atoms with E-state index >= 15 is 0 Å². The van der Waals surface area contributed by atoms with Crippen LogP contribution >= 0.6 is 0 Å². The zero-order valence-corrected chi connectivity index (χ0v) is 11.7. The fraction of sp³-hybridized carbons (Fsp3) is 0.562. The summed E-state index contributed by atoms with van der Waals surface area (Å²) in [5, 5.41) is 0. The van der Waals surface area contributed by atoms with Crippen molar-refractivity contribution < 1.29 is 4.79 Å². The molecule has 1 heterocycles. The van der Waals surface area contributed by atoms with E-state index in [9.17, 15) is 4.79 Å². The SMILES string of the molecule is CCC1CCN(CC(=O)c2ccc(C)cc2C)C1. The van der Waals surface area contributed by atoms with Gasteiger partial charge in [-0.3, -0.25) is 9.69 Å². The molecule has 0 aliphatic carbocycles. The summed E-state index contributed by atoms with van der Waals surface area (Å²) in [6.07, 6.45) is 2.48. The Bertz CT molecular complexity index is 439. The highest BCUT2D eigenvalue weighted by Crippen LogP contribution is 2.20. The lowest BCUT2D eigenvalue weighted by molar-refractivity contribution is 0.0942. The van der Waals surface area contributed by atoms with Crippen LogP contribution in [0, 0.1) is 19.8 Å². The maximum atomic E-state index is 12.3. The van der Waals surface area contributed by atoms with Crippen molar-refractivity contribution in [2.75, 3.05) is 19.6 Å². The topological polar surface area (TPSA) is 20.3 Å². The van der Waals surface area contributed by atoms with Crippen LogP contribution in [0.1, 0.15) is 41.3 Å². The molecule has 0 N–H and O–H groups in total. The number of carbonyl (C=O) groups is 1. The van der Waals surface area contributed by atoms with E-state index < -0.39 is 0 Å². The molecule has 1 aliphatic heterocycles. The largest absolute Gasteiger partial charge is 0.296 e. The van der Waals surface area contributed by atoms with Crippen molar-refractivity contribution in [2.24, 2.45) is 5.92 Å². The molecule has 0 amide bonds. The maximum Gasteiger partial charge on any atom is 0.177 e. The highest BCUT2D eigenvalue weighted by atomic mass is 16.1. The van der Waals surface area contributed by atoms with Crippen molar-refractivity contribution in [3.05, 3.63) is 34.9 Å². The third kappa shape index (κ3) is 2.99. The van der Waals surface area contributed by atoms with Gasteiger partial charge in [0.2, 0.25) is 0 Å². The minimum atomic E-state index is 0.268. The van der Waals surface area contributed by atoms with E-state index in [1.807, 2.05) is 19.1 Å². The number of aryl methyl sites for hydroxylation is 2. The molecule has 1 aliphatic rings. The summed E-state index contributed by atoms with van der Waals surface area (Å²) >= 11 is 0. The van der Waals surface area contributed by atoms with E-state index in [0.29, 0.717) is 6.54 Å². The molecule has 18 heavy (non-hydrogen) atoms. The highest BCUT2D eigenvalue weighted by molar-refractivity contribution is 5.99. The smallest absolute Gasteiger partial charge is 0.177 e. The average molecular weight is 245 g/mol. The summed E-state index contributed by atoms with van der Waals surface area (Å²) < 4.78 is 0. The highest BCUT2D eigenvalue weighted by Gasteiger charge is 2.23. The zero-order valence-electron chi connectivity index (χ0n) is 11.7. The Morgan fingerprint density at radius 2 is 2.17 bits per heavy atom. The second kappa shape index (κ2) is 5.66. The number of rotatable bonds is 4. The van der Waals surface area contributed by atoms with Gasteiger partial charge in [-0.25, -0.2) is 0 Å². The molecule has 1 aromatic carbocycles. The minimum absolute atomic E-state index is 0.268. The van der Waals surface area contributed by atoms with Gasteiger partial charge in [-0.05, 0) is 38.3 Å². The van der Waals surface area contributed by atoms with Crippen LogP contribution in [0.25, 0.3) is 0 Å². The number of hydrogen-bond acceptors (Lipinski definition) is 2. The predicted molar refractivity (Wildman–Crippen MR) is 75.1 cm³/mol. The lowest BCUT2D eigenvalue weighted by Crippen LogP contribution is -2.28. The lowest BCUT2D eigenvalue weighted by atomic mass is 10.0. The molecule has 1 aromatic rings. The minimum Gasteiger partial charge on any atom is -0.296 e. The van der Waals surface area contributed by atoms with Gasteiger partial charge in [0.15, 0.2) is 5.78 Å². The van der Waals surface area contributed by atoms with E-state index in [4.69, 9.17) is 0 Å². The number of hydrogen-bond donors (Lipinski definition) is 0. The van der Waals surface area contributed by atoms with Crippen LogP contribution in [0.3, 0.4) is 0 Å². The molecule has 0 aromatic heterocycles. The molecule has 0 saturated carbocycles. The first kappa shape index (κ1) is 13.3. The lowest BCUT2D eigenvalue weighted by Gasteiger charge is -2.15. The summed E-state index contributed by atoms with van der Waals surface area (Å²) in [7, 11) is 0. The van der Waals surface area contributed by atoms with Gasteiger partial charge in [0, 0.05) is 12.1 Å². The number of Topliss-reactive ketones (excluding diaryl/α,β-unsaturated/α-hetero) is 1. The van der Waals surface area contributed by atoms with Crippen LogP contribution in [0.15, 0.2) is 18.2 Å². The number of carbonyl (C=O) groups excluding carboxylic acids is 1. The molecular formula is C16H23NO. The van der Waals surface area contributed by atoms with E-state index in [1.54, 1.807) is 0 Å². The molecule has 2 heteroatoms. The summed E-state index contributed by atoms with van der Waals surface area (Å²) in [5.74, 6) is 1.06. The van der Waals surface area contributed by atoms with E-state index in [1.165, 1.54) is 18.4 Å². The van der Waals surface area contributed by atoms with Crippen molar-refractivity contribution in [2.45, 2.75) is 33.6 Å². The number of benzene rings is 1. The standard InChI is InChI=1S/C16H23NO/c1-4-14-7-8-17(10-14)11-16(18)15-6-5-12(2)9-13(15)3/h5-6,9,14H,4,7-8,10-11H2,1-3H3. The van der Waals surface area contributed by atoms with Crippen LogP contribution in [-0.4, -0.2) is 30.3 Å². The van der Waals surface area contributed by atoms with Crippen molar-refractivity contribution in [3.63, 3.8) is 0 Å². The fourth-order valence-electron chi connectivity index (χ4n) is 2.80. The Kier molecular flexibility index (Phi) is 4.18. The number of nitrogens with zero attached hydrogens (tertiary/aromatic N) is 1. The van der Waals surface area contributed by atoms with Gasteiger partial charge >= 0.3 is 0 Å². The van der Waals surface area contributed by atoms with Gasteiger partial charge in [-0.15, -0.1) is 0 Å². The quantitative estimate of drug-likeness (QED) is 0.759. The van der Waals surface area contributed by atoms with Crippen molar-refractivity contribution in [1.29, 1.82) is 0 Å². The van der Waals surface area contributed by atoms with Gasteiger partial charge < -0.3 is 0 Å². The first-order valence-electron chi connectivity index (χ1n) is 6.93. The molecule has 2 nitrogen and oxygen atoms in total. The molecule has 0 bridgehead atoms. The fourth-order valence-corrected chi connectivity index (χ4v) is 2.80. The molecular weight excluding hydrogens is 222 g/mol. The molecule has 98 valence electrons. The molecule has 1 fully saturated rings. The summed E-state index contributed by atoms with van der Waals surface area (Å²) in [5.41, 5.74) is 3.21. The van der Waals surface area contributed by atoms with Gasteiger partial charge in [-0.2, -0.15) is 0 Å². The second-order valence-corrected chi connectivity index (χ2v) is 5.54. The monoisotopic (exact) mass is 245 g/mol. The molecule has 0 spiro atoms. The summed E-state index contributed by atoms with van der Waals surface area (Å²) in [6, 6.07) is 6.09. The number of ketones is 1. The normalized spacial score (nSPS) is 20.3. The van der Waals surface area contributed by atoms with Crippen LogP contribution in [0.5, 0.6) is 0 Å². The van der Waals surface area contributed by atoms with E-state index in [0.717, 1.165) is 30.1 Å². The molecule has 2 rings (SSSR count).